The maximum absolute atomic E-state index is 5.68. The Morgan fingerprint density at radius 2 is 2.10 bits per heavy atom. The summed E-state index contributed by atoms with van der Waals surface area (Å²) in [5.74, 6) is 2.05. The van der Waals surface area contributed by atoms with Gasteiger partial charge in [-0.3, -0.25) is 0 Å². The molecule has 104 valence electrons. The van der Waals surface area contributed by atoms with E-state index in [0.29, 0.717) is 18.2 Å². The predicted molar refractivity (Wildman–Crippen MR) is 81.5 cm³/mol. The lowest BCUT2D eigenvalue weighted by Crippen LogP contribution is -2.07. The van der Waals surface area contributed by atoms with E-state index in [1.807, 2.05) is 6.07 Å². The Kier molecular flexibility index (Phi) is 3.35. The van der Waals surface area contributed by atoms with Crippen molar-refractivity contribution >= 4 is 33.5 Å². The lowest BCUT2D eigenvalue weighted by Gasteiger charge is -2.11. The minimum atomic E-state index is 0.156. The van der Waals surface area contributed by atoms with Gasteiger partial charge in [0.2, 0.25) is 5.95 Å². The van der Waals surface area contributed by atoms with Crippen LogP contribution in [0.15, 0.2) is 22.7 Å². The van der Waals surface area contributed by atoms with Gasteiger partial charge in [-0.1, -0.05) is 15.9 Å². The van der Waals surface area contributed by atoms with E-state index in [2.05, 4.69) is 37.3 Å². The lowest BCUT2D eigenvalue weighted by molar-refractivity contribution is 0.354. The molecule has 1 aliphatic heterocycles. The Hall–Kier alpha value is -2.02. The summed E-state index contributed by atoms with van der Waals surface area (Å²) in [6.45, 7) is 1.31. The fourth-order valence-corrected chi connectivity index (χ4v) is 2.79. The smallest absolute Gasteiger partial charge is 0.223 e. The average molecular weight is 336 g/mol. The number of fused-ring (bicyclic) bond motifs is 1. The van der Waals surface area contributed by atoms with Crippen LogP contribution in [0.3, 0.4) is 0 Å². The molecule has 0 unspecified atom stereocenters. The summed E-state index contributed by atoms with van der Waals surface area (Å²) < 4.78 is 6.72. The van der Waals surface area contributed by atoms with Gasteiger partial charge in [0.15, 0.2) is 0 Å². The number of nitrogen functional groups attached to an aromatic ring is 2. The molecule has 1 aliphatic rings. The number of ether oxygens (including phenoxy) is 1. The summed E-state index contributed by atoms with van der Waals surface area (Å²) in [6, 6.07) is 5.77. The third-order valence-corrected chi connectivity index (χ3v) is 3.51. The van der Waals surface area contributed by atoms with Crippen molar-refractivity contribution in [3.63, 3.8) is 0 Å². The van der Waals surface area contributed by atoms with Crippen LogP contribution in [0.25, 0.3) is 0 Å². The van der Waals surface area contributed by atoms with Crippen molar-refractivity contribution in [1.29, 1.82) is 0 Å². The molecule has 2 aromatic rings. The molecule has 0 aliphatic carbocycles. The van der Waals surface area contributed by atoms with Crippen LogP contribution in [0.1, 0.15) is 11.1 Å². The van der Waals surface area contributed by atoms with Crippen molar-refractivity contribution in [2.45, 2.75) is 13.0 Å². The van der Waals surface area contributed by atoms with E-state index in [1.54, 1.807) is 6.07 Å². The van der Waals surface area contributed by atoms with E-state index in [9.17, 15) is 0 Å². The molecule has 0 saturated carbocycles. The van der Waals surface area contributed by atoms with Crippen LogP contribution in [0.5, 0.6) is 5.75 Å². The summed E-state index contributed by atoms with van der Waals surface area (Å²) in [5, 5.41) is 3.19. The third-order valence-electron chi connectivity index (χ3n) is 3.05. The number of nitrogens with zero attached hydrogens (tertiary/aromatic N) is 2. The highest BCUT2D eigenvalue weighted by Gasteiger charge is 2.17. The first-order valence-electron chi connectivity index (χ1n) is 6.20. The second-order valence-corrected chi connectivity index (χ2v) is 5.46. The summed E-state index contributed by atoms with van der Waals surface area (Å²) in [6.07, 6.45) is 0.940. The standard InChI is InChI=1S/C13H14BrN5O/c14-9-3-7-1-2-20-12(7)8(4-9)6-17-11-5-10(15)18-13(16)19-11/h3-5H,1-2,6H2,(H5,15,16,17,18,19). The second-order valence-electron chi connectivity index (χ2n) is 4.54. The third kappa shape index (κ3) is 2.62. The molecule has 7 heteroatoms. The van der Waals surface area contributed by atoms with Crippen LogP contribution >= 0.6 is 15.9 Å². The zero-order valence-electron chi connectivity index (χ0n) is 10.7. The molecule has 0 saturated heterocycles. The van der Waals surface area contributed by atoms with Crippen molar-refractivity contribution in [2.75, 3.05) is 23.4 Å². The van der Waals surface area contributed by atoms with Gasteiger partial charge in [0, 0.05) is 29.1 Å². The van der Waals surface area contributed by atoms with Gasteiger partial charge in [-0.15, -0.1) is 0 Å². The first-order valence-corrected chi connectivity index (χ1v) is 6.99. The molecule has 3 rings (SSSR count). The van der Waals surface area contributed by atoms with Gasteiger partial charge in [-0.25, -0.2) is 0 Å². The largest absolute Gasteiger partial charge is 0.493 e. The molecule has 0 radical (unpaired) electrons. The second kappa shape index (κ2) is 5.16. The zero-order chi connectivity index (χ0) is 14.1. The molecular formula is C13H14BrN5O. The van der Waals surface area contributed by atoms with E-state index in [1.165, 1.54) is 5.56 Å². The fourth-order valence-electron chi connectivity index (χ4n) is 2.24. The number of nitrogens with two attached hydrogens (primary N) is 2. The van der Waals surface area contributed by atoms with Gasteiger partial charge in [0.05, 0.1) is 6.61 Å². The number of hydrogen-bond acceptors (Lipinski definition) is 6. The molecule has 0 fully saturated rings. The van der Waals surface area contributed by atoms with Crippen LogP contribution in [-0.2, 0) is 13.0 Å². The Balaban J connectivity index is 1.82. The van der Waals surface area contributed by atoms with Crippen LogP contribution in [0, 0.1) is 0 Å². The Bertz CT molecular complexity index is 641. The minimum absolute atomic E-state index is 0.156. The van der Waals surface area contributed by atoms with Gasteiger partial charge in [0.25, 0.3) is 0 Å². The molecule has 0 atom stereocenters. The predicted octanol–water partition coefficient (Wildman–Crippen LogP) is 1.95. The maximum atomic E-state index is 5.68. The van der Waals surface area contributed by atoms with Gasteiger partial charge in [-0.2, -0.15) is 9.97 Å². The molecule has 1 aromatic carbocycles. The average Bonchev–Trinajstić information content (AvgIpc) is 2.82. The number of hydrogen-bond donors (Lipinski definition) is 3. The molecule has 2 heterocycles. The molecule has 0 amide bonds. The summed E-state index contributed by atoms with van der Waals surface area (Å²) in [4.78, 5) is 7.92. The van der Waals surface area contributed by atoms with Crippen molar-refractivity contribution in [1.82, 2.24) is 9.97 Å². The quantitative estimate of drug-likeness (QED) is 0.792. The first kappa shape index (κ1) is 13.0. The normalized spacial score (nSPS) is 12.8. The lowest BCUT2D eigenvalue weighted by atomic mass is 10.1. The zero-order valence-corrected chi connectivity index (χ0v) is 12.3. The first-order chi connectivity index (χ1) is 9.61. The summed E-state index contributed by atoms with van der Waals surface area (Å²) in [7, 11) is 0. The van der Waals surface area contributed by atoms with Crippen LogP contribution in [0.4, 0.5) is 17.6 Å². The molecule has 1 aromatic heterocycles. The van der Waals surface area contributed by atoms with Crippen LogP contribution in [0.2, 0.25) is 0 Å². The number of aromatic nitrogens is 2. The number of nitrogens with one attached hydrogen (secondary N) is 1. The van der Waals surface area contributed by atoms with Gasteiger partial charge < -0.3 is 21.5 Å². The topological polar surface area (TPSA) is 99.1 Å². The fraction of sp³-hybridized carbons (Fsp3) is 0.231. The maximum Gasteiger partial charge on any atom is 0.223 e. The molecule has 0 bridgehead atoms. The van der Waals surface area contributed by atoms with E-state index in [0.717, 1.165) is 28.8 Å². The molecule has 20 heavy (non-hydrogen) atoms. The highest BCUT2D eigenvalue weighted by atomic mass is 79.9. The molecule has 5 N–H and O–H groups in total. The highest BCUT2D eigenvalue weighted by molar-refractivity contribution is 9.10. The molecule has 6 nitrogen and oxygen atoms in total. The van der Waals surface area contributed by atoms with Crippen LogP contribution in [-0.4, -0.2) is 16.6 Å². The van der Waals surface area contributed by atoms with E-state index in [-0.39, 0.29) is 5.95 Å². The summed E-state index contributed by atoms with van der Waals surface area (Å²) >= 11 is 3.52. The number of benzene rings is 1. The van der Waals surface area contributed by atoms with E-state index >= 15 is 0 Å². The van der Waals surface area contributed by atoms with Crippen molar-refractivity contribution in [2.24, 2.45) is 0 Å². The van der Waals surface area contributed by atoms with Gasteiger partial charge >= 0.3 is 0 Å². The number of anilines is 3. The molecular weight excluding hydrogens is 322 g/mol. The monoisotopic (exact) mass is 335 g/mol. The van der Waals surface area contributed by atoms with E-state index < -0.39 is 0 Å². The summed E-state index contributed by atoms with van der Waals surface area (Å²) in [5.41, 5.74) is 13.5. The van der Waals surface area contributed by atoms with Crippen LogP contribution < -0.4 is 21.5 Å². The minimum Gasteiger partial charge on any atom is -0.493 e. The van der Waals surface area contributed by atoms with Gasteiger partial charge in [-0.05, 0) is 17.7 Å². The van der Waals surface area contributed by atoms with Crippen molar-refractivity contribution in [3.8, 4) is 5.75 Å². The Morgan fingerprint density at radius 1 is 1.25 bits per heavy atom. The van der Waals surface area contributed by atoms with Gasteiger partial charge in [0.1, 0.15) is 17.4 Å². The highest BCUT2D eigenvalue weighted by Crippen LogP contribution is 2.33. The Morgan fingerprint density at radius 3 is 2.90 bits per heavy atom. The van der Waals surface area contributed by atoms with Crippen molar-refractivity contribution in [3.05, 3.63) is 33.8 Å². The van der Waals surface area contributed by atoms with E-state index in [4.69, 9.17) is 16.2 Å². The molecule has 0 spiro atoms. The SMILES string of the molecule is Nc1cc(NCc2cc(Br)cc3c2OCC3)nc(N)n1. The number of rotatable bonds is 3. The Labute approximate surface area is 124 Å². The van der Waals surface area contributed by atoms with Crippen molar-refractivity contribution < 1.29 is 4.74 Å². The number of halogens is 1.